The number of unbranched alkanes of at least 4 members (excludes halogenated alkanes) is 1. The number of hydrogen-bond donors (Lipinski definition) is 1. The predicted octanol–water partition coefficient (Wildman–Crippen LogP) is 6.24. The molecule has 242 valence electrons. The highest BCUT2D eigenvalue weighted by Crippen LogP contribution is 2.29. The number of rotatable bonds is 15. The number of hydrogen-bond acceptors (Lipinski definition) is 5. The van der Waals surface area contributed by atoms with Gasteiger partial charge in [0.25, 0.3) is 10.0 Å². The van der Waals surface area contributed by atoms with Crippen LogP contribution in [0.4, 0.5) is 10.1 Å². The number of methoxy groups -OCH3 is 1. The van der Waals surface area contributed by atoms with Crippen molar-refractivity contribution in [2.24, 2.45) is 0 Å². The lowest BCUT2D eigenvalue weighted by Crippen LogP contribution is -2.53. The van der Waals surface area contributed by atoms with E-state index < -0.39 is 34.3 Å². The molecule has 0 aliphatic carbocycles. The van der Waals surface area contributed by atoms with Crippen LogP contribution in [-0.4, -0.2) is 51.4 Å². The summed E-state index contributed by atoms with van der Waals surface area (Å²) >= 11 is 6.08. The number of benzene rings is 4. The van der Waals surface area contributed by atoms with Crippen molar-refractivity contribution >= 4 is 39.1 Å². The van der Waals surface area contributed by atoms with Crippen molar-refractivity contribution in [2.45, 2.75) is 43.7 Å². The third-order valence-electron chi connectivity index (χ3n) is 7.39. The number of amides is 2. The number of carbonyl (C=O) groups is 2. The number of nitrogens with zero attached hydrogens (tertiary/aromatic N) is 2. The van der Waals surface area contributed by atoms with Crippen molar-refractivity contribution in [3.05, 3.63) is 125 Å². The highest BCUT2D eigenvalue weighted by atomic mass is 35.5. The van der Waals surface area contributed by atoms with Crippen molar-refractivity contribution in [1.29, 1.82) is 0 Å². The van der Waals surface area contributed by atoms with E-state index in [0.29, 0.717) is 17.9 Å². The second kappa shape index (κ2) is 16.2. The van der Waals surface area contributed by atoms with Gasteiger partial charge in [-0.2, -0.15) is 0 Å². The molecule has 0 saturated heterocycles. The molecule has 0 spiro atoms. The minimum absolute atomic E-state index is 0.00283. The first kappa shape index (κ1) is 34.5. The van der Waals surface area contributed by atoms with Crippen LogP contribution < -0.4 is 14.4 Å². The lowest BCUT2D eigenvalue weighted by atomic mass is 10.0. The topological polar surface area (TPSA) is 96.0 Å². The molecule has 0 aliphatic heterocycles. The standard InChI is InChI=1S/C35H37ClFN3O5S/c1-3-4-20-38-35(42)33(22-26-12-7-5-8-13-26)39(24-27-14-11-15-29(21-27)45-2)34(41)25-40(28-18-19-32(37)31(36)23-28)46(43,44)30-16-9-6-10-17-30/h5-19,21,23,33H,3-4,20,22,24-25H2,1-2H3,(H,38,42)/t33-/m1/s1. The Morgan fingerprint density at radius 1 is 0.913 bits per heavy atom. The highest BCUT2D eigenvalue weighted by Gasteiger charge is 2.34. The Hall–Kier alpha value is -4.41. The van der Waals surface area contributed by atoms with E-state index in [-0.39, 0.29) is 34.5 Å². The minimum Gasteiger partial charge on any atom is -0.497 e. The third kappa shape index (κ3) is 8.86. The Morgan fingerprint density at radius 3 is 2.24 bits per heavy atom. The first-order chi connectivity index (χ1) is 22.1. The van der Waals surface area contributed by atoms with Gasteiger partial charge in [0.05, 0.1) is 22.7 Å². The number of carbonyl (C=O) groups excluding carboxylic acids is 2. The largest absolute Gasteiger partial charge is 0.497 e. The van der Waals surface area contributed by atoms with Crippen LogP contribution in [0.15, 0.2) is 108 Å². The lowest BCUT2D eigenvalue weighted by molar-refractivity contribution is -0.140. The smallest absolute Gasteiger partial charge is 0.264 e. The predicted molar refractivity (Wildman–Crippen MR) is 178 cm³/mol. The normalized spacial score (nSPS) is 11.8. The molecule has 0 aromatic heterocycles. The SMILES string of the molecule is CCCCNC(=O)[C@@H](Cc1ccccc1)N(Cc1cccc(OC)c1)C(=O)CN(c1ccc(F)c(Cl)c1)S(=O)(=O)c1ccccc1. The van der Waals surface area contributed by atoms with E-state index in [2.05, 4.69) is 5.32 Å². The van der Waals surface area contributed by atoms with Gasteiger partial charge in [-0.05, 0) is 60.0 Å². The zero-order valence-corrected chi connectivity index (χ0v) is 27.3. The fourth-order valence-corrected chi connectivity index (χ4v) is 6.52. The Bertz CT molecular complexity index is 1720. The van der Waals surface area contributed by atoms with Crippen LogP contribution in [-0.2, 0) is 32.6 Å². The minimum atomic E-state index is -4.33. The summed E-state index contributed by atoms with van der Waals surface area (Å²) in [4.78, 5) is 29.6. The van der Waals surface area contributed by atoms with Crippen molar-refractivity contribution in [3.8, 4) is 5.75 Å². The third-order valence-corrected chi connectivity index (χ3v) is 9.47. The first-order valence-corrected chi connectivity index (χ1v) is 16.7. The summed E-state index contributed by atoms with van der Waals surface area (Å²) in [5, 5.41) is 2.65. The van der Waals surface area contributed by atoms with Gasteiger partial charge in [0.2, 0.25) is 11.8 Å². The van der Waals surface area contributed by atoms with Crippen LogP contribution in [0, 0.1) is 5.82 Å². The summed E-state index contributed by atoms with van der Waals surface area (Å²) in [5.74, 6) is -1.18. The first-order valence-electron chi connectivity index (χ1n) is 14.9. The maximum absolute atomic E-state index is 14.5. The van der Waals surface area contributed by atoms with Crippen molar-refractivity contribution in [1.82, 2.24) is 10.2 Å². The molecule has 11 heteroatoms. The molecular formula is C35H37ClFN3O5S. The van der Waals surface area contributed by atoms with E-state index in [1.807, 2.05) is 37.3 Å². The van der Waals surface area contributed by atoms with Crippen LogP contribution in [0.25, 0.3) is 0 Å². The van der Waals surface area contributed by atoms with Gasteiger partial charge in [-0.3, -0.25) is 13.9 Å². The van der Waals surface area contributed by atoms with E-state index >= 15 is 0 Å². The van der Waals surface area contributed by atoms with E-state index in [1.54, 1.807) is 42.5 Å². The maximum atomic E-state index is 14.5. The van der Waals surface area contributed by atoms with E-state index in [4.69, 9.17) is 16.3 Å². The second-order valence-electron chi connectivity index (χ2n) is 10.6. The molecule has 0 bridgehead atoms. The molecule has 2 amide bonds. The summed E-state index contributed by atoms with van der Waals surface area (Å²) in [5.41, 5.74) is 1.49. The monoisotopic (exact) mass is 665 g/mol. The van der Waals surface area contributed by atoms with Gasteiger partial charge >= 0.3 is 0 Å². The van der Waals surface area contributed by atoms with Gasteiger partial charge in [0.15, 0.2) is 0 Å². The van der Waals surface area contributed by atoms with Crippen LogP contribution in [0.5, 0.6) is 5.75 Å². The van der Waals surface area contributed by atoms with Crippen molar-refractivity contribution in [3.63, 3.8) is 0 Å². The molecule has 0 aliphatic rings. The average Bonchev–Trinajstić information content (AvgIpc) is 3.07. The Morgan fingerprint density at radius 2 is 1.59 bits per heavy atom. The molecule has 46 heavy (non-hydrogen) atoms. The fraction of sp³-hybridized carbons (Fsp3) is 0.257. The summed E-state index contributed by atoms with van der Waals surface area (Å²) in [7, 11) is -2.80. The average molecular weight is 666 g/mol. The van der Waals surface area contributed by atoms with Gasteiger partial charge < -0.3 is 15.0 Å². The molecule has 4 aromatic carbocycles. The zero-order valence-electron chi connectivity index (χ0n) is 25.7. The molecule has 0 heterocycles. The number of sulfonamides is 1. The summed E-state index contributed by atoms with van der Waals surface area (Å²) in [6.07, 6.45) is 1.80. The molecule has 4 aromatic rings. The molecule has 0 saturated carbocycles. The van der Waals surface area contributed by atoms with Gasteiger partial charge in [-0.25, -0.2) is 12.8 Å². The number of nitrogens with one attached hydrogen (secondary N) is 1. The van der Waals surface area contributed by atoms with E-state index in [9.17, 15) is 22.4 Å². The summed E-state index contributed by atoms with van der Waals surface area (Å²) in [6, 6.07) is 26.5. The van der Waals surface area contributed by atoms with Crippen molar-refractivity contribution in [2.75, 3.05) is 24.5 Å². The summed E-state index contributed by atoms with van der Waals surface area (Å²) < 4.78 is 48.5. The van der Waals surface area contributed by atoms with Crippen molar-refractivity contribution < 1.29 is 27.1 Å². The van der Waals surface area contributed by atoms with Gasteiger partial charge in [0.1, 0.15) is 24.2 Å². The van der Waals surface area contributed by atoms with E-state index in [0.717, 1.165) is 34.8 Å². The maximum Gasteiger partial charge on any atom is 0.264 e. The highest BCUT2D eigenvalue weighted by molar-refractivity contribution is 7.92. The Kier molecular flexibility index (Phi) is 12.2. The molecule has 0 unspecified atom stereocenters. The Labute approximate surface area is 274 Å². The number of anilines is 1. The van der Waals surface area contributed by atoms with Gasteiger partial charge in [-0.15, -0.1) is 0 Å². The summed E-state index contributed by atoms with van der Waals surface area (Å²) in [6.45, 7) is 1.73. The molecule has 1 atom stereocenters. The molecule has 0 fully saturated rings. The number of halogens is 2. The molecule has 0 radical (unpaired) electrons. The van der Waals surface area contributed by atoms with Crippen LogP contribution in [0.3, 0.4) is 0 Å². The zero-order chi connectivity index (χ0) is 33.1. The van der Waals surface area contributed by atoms with Crippen LogP contribution in [0.1, 0.15) is 30.9 Å². The van der Waals surface area contributed by atoms with E-state index in [1.165, 1.54) is 30.2 Å². The molecular weight excluding hydrogens is 629 g/mol. The molecule has 4 rings (SSSR count). The second-order valence-corrected chi connectivity index (χ2v) is 12.9. The number of ether oxygens (including phenoxy) is 1. The quantitative estimate of drug-likeness (QED) is 0.152. The van der Waals surface area contributed by atoms with Gasteiger partial charge in [-0.1, -0.05) is 85.6 Å². The molecule has 1 N–H and O–H groups in total. The van der Waals surface area contributed by atoms with Crippen LogP contribution >= 0.6 is 11.6 Å². The Balaban J connectivity index is 1.81. The fourth-order valence-electron chi connectivity index (χ4n) is 4.92. The van der Waals surface area contributed by atoms with Crippen LogP contribution in [0.2, 0.25) is 5.02 Å². The lowest BCUT2D eigenvalue weighted by Gasteiger charge is -2.34. The van der Waals surface area contributed by atoms with Gasteiger partial charge in [0, 0.05) is 19.5 Å². The molecule has 8 nitrogen and oxygen atoms in total.